The first-order valence-corrected chi connectivity index (χ1v) is 7.34. The van der Waals surface area contributed by atoms with Crippen molar-refractivity contribution in [1.29, 1.82) is 0 Å². The second-order valence-electron chi connectivity index (χ2n) is 5.36. The molecule has 0 aromatic heterocycles. The van der Waals surface area contributed by atoms with E-state index in [1.165, 1.54) is 24.1 Å². The number of benzene rings is 1. The molecule has 1 heterocycles. The third-order valence-corrected chi connectivity index (χ3v) is 3.92. The molecule has 4 nitrogen and oxygen atoms in total. The highest BCUT2D eigenvalue weighted by Gasteiger charge is 2.32. The fraction of sp³-hybridized carbons (Fsp3) is 0.500. The Morgan fingerprint density at radius 2 is 2.09 bits per heavy atom. The van der Waals surface area contributed by atoms with E-state index in [4.69, 9.17) is 4.74 Å². The summed E-state index contributed by atoms with van der Waals surface area (Å²) in [6.07, 6.45) is 2.55. The maximum absolute atomic E-state index is 13.6. The Bertz CT molecular complexity index is 562. The number of rotatable bonds is 4. The van der Waals surface area contributed by atoms with Crippen LogP contribution >= 0.6 is 0 Å². The number of aryl methyl sites for hydroxylation is 1. The smallest absolute Gasteiger partial charge is 0.328 e. The van der Waals surface area contributed by atoms with Gasteiger partial charge in [-0.25, -0.2) is 13.6 Å². The molecule has 22 heavy (non-hydrogen) atoms. The monoisotopic (exact) mass is 311 g/mol. The molecule has 0 bridgehead atoms. The molecule has 0 saturated carbocycles. The third-order valence-electron chi connectivity index (χ3n) is 3.92. The molecule has 1 aliphatic rings. The Kier molecular flexibility index (Phi) is 5.46. The summed E-state index contributed by atoms with van der Waals surface area (Å²) in [4.78, 5) is 25.5. The molecule has 0 radical (unpaired) electrons. The summed E-state index contributed by atoms with van der Waals surface area (Å²) in [7, 11) is 1.30. The van der Waals surface area contributed by atoms with Gasteiger partial charge in [-0.05, 0) is 37.3 Å². The van der Waals surface area contributed by atoms with Gasteiger partial charge in [-0.3, -0.25) is 4.79 Å². The Balaban J connectivity index is 1.99. The van der Waals surface area contributed by atoms with Crippen molar-refractivity contribution in [3.8, 4) is 0 Å². The number of halogens is 2. The van der Waals surface area contributed by atoms with Crippen molar-refractivity contribution in [2.45, 2.75) is 38.1 Å². The second kappa shape index (κ2) is 7.33. The molecule has 1 atom stereocenters. The van der Waals surface area contributed by atoms with Crippen molar-refractivity contribution in [3.05, 3.63) is 35.4 Å². The molecule has 2 rings (SSSR count). The van der Waals surface area contributed by atoms with Crippen molar-refractivity contribution in [2.75, 3.05) is 13.7 Å². The lowest BCUT2D eigenvalue weighted by Crippen LogP contribution is -2.48. The van der Waals surface area contributed by atoms with Crippen LogP contribution in [-0.4, -0.2) is 36.5 Å². The van der Waals surface area contributed by atoms with Gasteiger partial charge in [0.05, 0.1) is 7.11 Å². The van der Waals surface area contributed by atoms with E-state index in [0.29, 0.717) is 18.5 Å². The number of nitrogens with zero attached hydrogens (tertiary/aromatic N) is 1. The summed E-state index contributed by atoms with van der Waals surface area (Å²) in [5.74, 6) is -1.93. The molecule has 1 saturated heterocycles. The van der Waals surface area contributed by atoms with Crippen LogP contribution in [0.15, 0.2) is 18.2 Å². The first-order valence-electron chi connectivity index (χ1n) is 7.34. The van der Waals surface area contributed by atoms with Gasteiger partial charge in [0.15, 0.2) is 0 Å². The molecule has 0 spiro atoms. The van der Waals surface area contributed by atoms with Gasteiger partial charge in [-0.1, -0.05) is 6.07 Å². The number of carbonyl (C=O) groups excluding carboxylic acids is 2. The first kappa shape index (κ1) is 16.4. The first-order chi connectivity index (χ1) is 10.5. The van der Waals surface area contributed by atoms with Crippen molar-refractivity contribution in [3.63, 3.8) is 0 Å². The fourth-order valence-corrected chi connectivity index (χ4v) is 2.72. The number of methoxy groups -OCH3 is 1. The maximum atomic E-state index is 13.6. The zero-order chi connectivity index (χ0) is 16.1. The normalized spacial score (nSPS) is 18.1. The quantitative estimate of drug-likeness (QED) is 0.803. The third kappa shape index (κ3) is 3.81. The van der Waals surface area contributed by atoms with Crippen LogP contribution < -0.4 is 0 Å². The molecule has 1 aromatic rings. The summed E-state index contributed by atoms with van der Waals surface area (Å²) in [6.45, 7) is 0.504. The van der Waals surface area contributed by atoms with Crippen molar-refractivity contribution < 1.29 is 23.1 Å². The highest BCUT2D eigenvalue weighted by Crippen LogP contribution is 2.20. The number of hydrogen-bond donors (Lipinski definition) is 0. The Morgan fingerprint density at radius 1 is 1.32 bits per heavy atom. The molecule has 1 amide bonds. The van der Waals surface area contributed by atoms with Gasteiger partial charge in [0.2, 0.25) is 5.91 Å². The average molecular weight is 311 g/mol. The number of piperidine rings is 1. The molecule has 0 N–H and O–H groups in total. The summed E-state index contributed by atoms with van der Waals surface area (Å²) in [5, 5.41) is 0. The van der Waals surface area contributed by atoms with E-state index < -0.39 is 23.6 Å². The van der Waals surface area contributed by atoms with Gasteiger partial charge >= 0.3 is 5.97 Å². The molecule has 6 heteroatoms. The van der Waals surface area contributed by atoms with Crippen molar-refractivity contribution in [1.82, 2.24) is 4.90 Å². The Hall–Kier alpha value is -1.98. The summed E-state index contributed by atoms with van der Waals surface area (Å²) < 4.78 is 31.1. The Morgan fingerprint density at radius 3 is 2.77 bits per heavy atom. The second-order valence-corrected chi connectivity index (χ2v) is 5.36. The number of carbonyl (C=O) groups is 2. The van der Waals surface area contributed by atoms with E-state index in [1.807, 2.05) is 0 Å². The van der Waals surface area contributed by atoms with Gasteiger partial charge in [0.25, 0.3) is 0 Å². The number of hydrogen-bond acceptors (Lipinski definition) is 3. The predicted molar refractivity (Wildman–Crippen MR) is 76.0 cm³/mol. The van der Waals surface area contributed by atoms with Crippen LogP contribution in [0.1, 0.15) is 31.2 Å². The van der Waals surface area contributed by atoms with Crippen LogP contribution in [0.25, 0.3) is 0 Å². The highest BCUT2D eigenvalue weighted by atomic mass is 19.1. The van der Waals surface area contributed by atoms with Crippen LogP contribution in [0.2, 0.25) is 0 Å². The molecule has 0 aliphatic carbocycles. The molecule has 120 valence electrons. The predicted octanol–water partition coefficient (Wildman–Crippen LogP) is 2.45. The van der Waals surface area contributed by atoms with E-state index >= 15 is 0 Å². The Labute approximate surface area is 128 Å². The topological polar surface area (TPSA) is 46.6 Å². The fourth-order valence-electron chi connectivity index (χ4n) is 2.72. The van der Waals surface area contributed by atoms with E-state index in [1.54, 1.807) is 0 Å². The van der Waals surface area contributed by atoms with Gasteiger partial charge in [0.1, 0.15) is 17.7 Å². The van der Waals surface area contributed by atoms with Crippen LogP contribution in [0.5, 0.6) is 0 Å². The lowest BCUT2D eigenvalue weighted by Gasteiger charge is -2.33. The molecular weight excluding hydrogens is 292 g/mol. The maximum Gasteiger partial charge on any atom is 0.328 e. The standard InChI is InChI=1S/C16H19F2NO3/c1-22-16(21)14-4-2-3-9-19(14)15(20)8-6-11-5-7-12(17)10-13(11)18/h5,7,10,14H,2-4,6,8-9H2,1H3/t14-/m1/s1. The zero-order valence-electron chi connectivity index (χ0n) is 12.5. The molecule has 1 fully saturated rings. The molecule has 0 unspecified atom stereocenters. The van der Waals surface area contributed by atoms with E-state index in [0.717, 1.165) is 18.9 Å². The SMILES string of the molecule is COC(=O)[C@H]1CCCCN1C(=O)CCc1ccc(F)cc1F. The van der Waals surface area contributed by atoms with Gasteiger partial charge in [-0.15, -0.1) is 0 Å². The van der Waals surface area contributed by atoms with E-state index in [-0.39, 0.29) is 18.7 Å². The molecular formula is C16H19F2NO3. The van der Waals surface area contributed by atoms with Crippen LogP contribution in [0, 0.1) is 11.6 Å². The average Bonchev–Trinajstić information content (AvgIpc) is 2.53. The minimum atomic E-state index is -0.657. The molecule has 1 aliphatic heterocycles. The van der Waals surface area contributed by atoms with Crippen LogP contribution in [0.3, 0.4) is 0 Å². The van der Waals surface area contributed by atoms with Gasteiger partial charge < -0.3 is 9.64 Å². The minimum absolute atomic E-state index is 0.0794. The minimum Gasteiger partial charge on any atom is -0.467 e. The number of likely N-dealkylation sites (tertiary alicyclic amines) is 1. The van der Waals surface area contributed by atoms with Crippen LogP contribution in [-0.2, 0) is 20.7 Å². The van der Waals surface area contributed by atoms with E-state index in [2.05, 4.69) is 0 Å². The number of amides is 1. The lowest BCUT2D eigenvalue weighted by atomic mass is 10.0. The number of ether oxygens (including phenoxy) is 1. The van der Waals surface area contributed by atoms with Gasteiger partial charge in [0, 0.05) is 19.0 Å². The lowest BCUT2D eigenvalue weighted by molar-refractivity contribution is -0.154. The van der Waals surface area contributed by atoms with Crippen molar-refractivity contribution >= 4 is 11.9 Å². The summed E-state index contributed by atoms with van der Waals surface area (Å²) in [6, 6.07) is 2.76. The van der Waals surface area contributed by atoms with Crippen LogP contribution in [0.4, 0.5) is 8.78 Å². The van der Waals surface area contributed by atoms with E-state index in [9.17, 15) is 18.4 Å². The summed E-state index contributed by atoms with van der Waals surface area (Å²) in [5.41, 5.74) is 0.293. The number of esters is 1. The summed E-state index contributed by atoms with van der Waals surface area (Å²) >= 11 is 0. The molecule has 1 aromatic carbocycles. The van der Waals surface area contributed by atoms with Crippen molar-refractivity contribution in [2.24, 2.45) is 0 Å². The highest BCUT2D eigenvalue weighted by molar-refractivity contribution is 5.84. The van der Waals surface area contributed by atoms with Gasteiger partial charge in [-0.2, -0.15) is 0 Å². The largest absolute Gasteiger partial charge is 0.467 e. The zero-order valence-corrected chi connectivity index (χ0v) is 12.5.